The van der Waals surface area contributed by atoms with E-state index < -0.39 is 11.6 Å². The van der Waals surface area contributed by atoms with Gasteiger partial charge in [0.2, 0.25) is 0 Å². The number of benzene rings is 1. The number of piperidine rings is 1. The number of Topliss-reactive ketones (excluding diaryl/α,β-unsaturated/α-hetero) is 1. The van der Waals surface area contributed by atoms with Gasteiger partial charge in [-0.3, -0.25) is 9.69 Å². The van der Waals surface area contributed by atoms with E-state index in [1.54, 1.807) is 0 Å². The number of likely N-dealkylation sites (tertiary alicyclic amines) is 1. The number of hydrogen-bond acceptors (Lipinski definition) is 2. The summed E-state index contributed by atoms with van der Waals surface area (Å²) >= 11 is 0. The van der Waals surface area contributed by atoms with Crippen molar-refractivity contribution in [3.63, 3.8) is 0 Å². The number of hydrogen-bond donors (Lipinski definition) is 0. The highest BCUT2D eigenvalue weighted by atomic mass is 19.1. The molecule has 1 spiro atoms. The summed E-state index contributed by atoms with van der Waals surface area (Å²) in [5.74, 6) is -1.52. The van der Waals surface area contributed by atoms with Crippen LogP contribution in [0.1, 0.15) is 48.9 Å². The molecule has 1 aromatic carbocycles. The fourth-order valence-corrected chi connectivity index (χ4v) is 3.81. The van der Waals surface area contributed by atoms with Gasteiger partial charge in [0.05, 0.1) is 12.1 Å². The molecule has 114 valence electrons. The number of carbonyl (C=O) groups excluding carboxylic acids is 1. The zero-order valence-electron chi connectivity index (χ0n) is 12.2. The van der Waals surface area contributed by atoms with Gasteiger partial charge >= 0.3 is 0 Å². The third-order valence-electron chi connectivity index (χ3n) is 5.18. The average molecular weight is 293 g/mol. The minimum atomic E-state index is -0.634. The standard InChI is InChI=1S/C17H21F2NO/c18-13-3-4-15(19)14(11-13)16(21)12-20-9-7-17(8-10-20)5-1-2-6-17/h3-4,11H,1-2,5-10,12H2. The van der Waals surface area contributed by atoms with Gasteiger partial charge in [-0.1, -0.05) is 12.8 Å². The molecule has 4 heteroatoms. The predicted octanol–water partition coefficient (Wildman–Crippen LogP) is 3.80. The van der Waals surface area contributed by atoms with Crippen LogP contribution in [0.2, 0.25) is 0 Å². The summed E-state index contributed by atoms with van der Waals surface area (Å²) in [5.41, 5.74) is 0.375. The van der Waals surface area contributed by atoms with E-state index in [0.717, 1.165) is 44.1 Å². The topological polar surface area (TPSA) is 20.3 Å². The Kier molecular flexibility index (Phi) is 4.07. The SMILES string of the molecule is O=C(CN1CCC2(CCCC2)CC1)c1cc(F)ccc1F. The highest BCUT2D eigenvalue weighted by molar-refractivity contribution is 5.97. The third-order valence-corrected chi connectivity index (χ3v) is 5.18. The zero-order valence-corrected chi connectivity index (χ0v) is 12.2. The molecule has 2 fully saturated rings. The van der Waals surface area contributed by atoms with Gasteiger partial charge in [0.25, 0.3) is 0 Å². The van der Waals surface area contributed by atoms with Crippen LogP contribution in [-0.2, 0) is 0 Å². The fraction of sp³-hybridized carbons (Fsp3) is 0.588. The molecule has 0 amide bonds. The van der Waals surface area contributed by atoms with E-state index >= 15 is 0 Å². The van der Waals surface area contributed by atoms with Crippen molar-refractivity contribution >= 4 is 5.78 Å². The number of nitrogens with zero attached hydrogens (tertiary/aromatic N) is 1. The minimum Gasteiger partial charge on any atom is -0.296 e. The van der Waals surface area contributed by atoms with Crippen molar-refractivity contribution in [2.45, 2.75) is 38.5 Å². The van der Waals surface area contributed by atoms with Crippen molar-refractivity contribution in [3.8, 4) is 0 Å². The Bertz CT molecular complexity index is 528. The van der Waals surface area contributed by atoms with Crippen molar-refractivity contribution < 1.29 is 13.6 Å². The van der Waals surface area contributed by atoms with Crippen LogP contribution >= 0.6 is 0 Å². The van der Waals surface area contributed by atoms with Crippen molar-refractivity contribution in [3.05, 3.63) is 35.4 Å². The van der Waals surface area contributed by atoms with Gasteiger partial charge in [-0.25, -0.2) is 8.78 Å². The van der Waals surface area contributed by atoms with Gasteiger partial charge in [0.15, 0.2) is 5.78 Å². The molecule has 21 heavy (non-hydrogen) atoms. The summed E-state index contributed by atoms with van der Waals surface area (Å²) in [7, 11) is 0. The molecule has 1 heterocycles. The Balaban J connectivity index is 1.60. The molecule has 2 nitrogen and oxygen atoms in total. The lowest BCUT2D eigenvalue weighted by atomic mass is 9.77. The minimum absolute atomic E-state index is 0.129. The third kappa shape index (κ3) is 3.15. The second-order valence-corrected chi connectivity index (χ2v) is 6.53. The number of ketones is 1. The van der Waals surface area contributed by atoms with E-state index in [9.17, 15) is 13.6 Å². The summed E-state index contributed by atoms with van der Waals surface area (Å²) in [6, 6.07) is 3.06. The first-order chi connectivity index (χ1) is 10.1. The molecule has 0 unspecified atom stereocenters. The van der Waals surface area contributed by atoms with Crippen LogP contribution in [0.5, 0.6) is 0 Å². The second-order valence-electron chi connectivity index (χ2n) is 6.53. The largest absolute Gasteiger partial charge is 0.296 e. The Hall–Kier alpha value is -1.29. The molecule has 1 aliphatic heterocycles. The maximum Gasteiger partial charge on any atom is 0.179 e. The van der Waals surface area contributed by atoms with E-state index in [1.807, 2.05) is 0 Å². The molecule has 1 aromatic rings. The van der Waals surface area contributed by atoms with Crippen LogP contribution in [0, 0.1) is 17.0 Å². The fourth-order valence-electron chi connectivity index (χ4n) is 3.81. The van der Waals surface area contributed by atoms with Gasteiger partial charge in [0, 0.05) is 0 Å². The van der Waals surface area contributed by atoms with Crippen molar-refractivity contribution in [2.24, 2.45) is 5.41 Å². The molecular formula is C17H21F2NO. The monoisotopic (exact) mass is 293 g/mol. The summed E-state index contributed by atoms with van der Waals surface area (Å²) in [6.07, 6.45) is 7.54. The van der Waals surface area contributed by atoms with Crippen LogP contribution in [0.15, 0.2) is 18.2 Å². The molecule has 3 rings (SSSR count). The van der Waals surface area contributed by atoms with E-state index in [-0.39, 0.29) is 17.9 Å². The van der Waals surface area contributed by atoms with Gasteiger partial charge in [0.1, 0.15) is 11.6 Å². The smallest absolute Gasteiger partial charge is 0.179 e. The van der Waals surface area contributed by atoms with Gasteiger partial charge < -0.3 is 0 Å². The molecule has 0 bridgehead atoms. The summed E-state index contributed by atoms with van der Waals surface area (Å²) < 4.78 is 26.8. The Morgan fingerprint density at radius 2 is 1.76 bits per heavy atom. The molecule has 1 saturated carbocycles. The van der Waals surface area contributed by atoms with Crippen molar-refractivity contribution in [1.29, 1.82) is 0 Å². The van der Waals surface area contributed by atoms with E-state index in [1.165, 1.54) is 25.7 Å². The molecule has 2 aliphatic rings. The lowest BCUT2D eigenvalue weighted by Crippen LogP contribution is -2.41. The molecular weight excluding hydrogens is 272 g/mol. The molecule has 0 aromatic heterocycles. The highest BCUT2D eigenvalue weighted by Crippen LogP contribution is 2.46. The Morgan fingerprint density at radius 3 is 2.43 bits per heavy atom. The first-order valence-electron chi connectivity index (χ1n) is 7.79. The van der Waals surface area contributed by atoms with Crippen LogP contribution in [0.4, 0.5) is 8.78 Å². The first-order valence-corrected chi connectivity index (χ1v) is 7.79. The van der Waals surface area contributed by atoms with E-state index in [0.29, 0.717) is 5.41 Å². The van der Waals surface area contributed by atoms with Crippen LogP contribution in [0.25, 0.3) is 0 Å². The summed E-state index contributed by atoms with van der Waals surface area (Å²) in [4.78, 5) is 14.2. The highest BCUT2D eigenvalue weighted by Gasteiger charge is 2.37. The van der Waals surface area contributed by atoms with E-state index in [2.05, 4.69) is 4.90 Å². The zero-order chi connectivity index (χ0) is 14.9. The molecule has 1 saturated heterocycles. The maximum absolute atomic E-state index is 13.6. The van der Waals surface area contributed by atoms with Crippen LogP contribution in [0.3, 0.4) is 0 Å². The Labute approximate surface area is 124 Å². The number of halogens is 2. The van der Waals surface area contributed by atoms with Crippen LogP contribution in [-0.4, -0.2) is 30.3 Å². The lowest BCUT2D eigenvalue weighted by Gasteiger charge is -2.39. The van der Waals surface area contributed by atoms with E-state index in [4.69, 9.17) is 0 Å². The lowest BCUT2D eigenvalue weighted by molar-refractivity contribution is 0.0793. The maximum atomic E-state index is 13.6. The number of carbonyl (C=O) groups is 1. The first kappa shape index (κ1) is 14.6. The summed E-state index contributed by atoms with van der Waals surface area (Å²) in [6.45, 7) is 1.97. The van der Waals surface area contributed by atoms with Gasteiger partial charge in [-0.15, -0.1) is 0 Å². The average Bonchev–Trinajstić information content (AvgIpc) is 2.93. The van der Waals surface area contributed by atoms with Crippen LogP contribution < -0.4 is 0 Å². The van der Waals surface area contributed by atoms with Gasteiger partial charge in [-0.05, 0) is 62.4 Å². The van der Waals surface area contributed by atoms with Crippen molar-refractivity contribution in [1.82, 2.24) is 4.90 Å². The molecule has 0 radical (unpaired) electrons. The quantitative estimate of drug-likeness (QED) is 0.790. The molecule has 1 aliphatic carbocycles. The number of rotatable bonds is 3. The molecule has 0 atom stereocenters. The second kappa shape index (κ2) is 5.84. The summed E-state index contributed by atoms with van der Waals surface area (Å²) in [5, 5.41) is 0. The Morgan fingerprint density at radius 1 is 1.10 bits per heavy atom. The van der Waals surface area contributed by atoms with Crippen molar-refractivity contribution in [2.75, 3.05) is 19.6 Å². The normalized spacial score (nSPS) is 21.8. The van der Waals surface area contributed by atoms with Gasteiger partial charge in [-0.2, -0.15) is 0 Å². The molecule has 0 N–H and O–H groups in total. The predicted molar refractivity (Wildman–Crippen MR) is 77.3 cm³/mol.